The van der Waals surface area contributed by atoms with Crippen LogP contribution in [-0.2, 0) is 17.5 Å². The van der Waals surface area contributed by atoms with E-state index < -0.39 is 17.6 Å². The van der Waals surface area contributed by atoms with Gasteiger partial charge in [-0.15, -0.1) is 0 Å². The molecule has 23 heavy (non-hydrogen) atoms. The van der Waals surface area contributed by atoms with E-state index in [4.69, 9.17) is 4.74 Å². The number of aryl methyl sites for hydroxylation is 1. The number of hydrogen-bond acceptors (Lipinski definition) is 2. The minimum atomic E-state index is -4.39. The van der Waals surface area contributed by atoms with Crippen LogP contribution >= 0.6 is 0 Å². The van der Waals surface area contributed by atoms with Crippen molar-refractivity contribution >= 4 is 5.91 Å². The summed E-state index contributed by atoms with van der Waals surface area (Å²) in [4.78, 5) is 11.7. The van der Waals surface area contributed by atoms with Crippen LogP contribution in [0, 0.1) is 6.92 Å². The molecule has 3 nitrogen and oxygen atoms in total. The van der Waals surface area contributed by atoms with E-state index in [0.29, 0.717) is 11.3 Å². The first-order valence-electron chi connectivity index (χ1n) is 6.97. The van der Waals surface area contributed by atoms with Crippen LogP contribution in [0.2, 0.25) is 0 Å². The van der Waals surface area contributed by atoms with Gasteiger partial charge in [-0.2, -0.15) is 13.2 Å². The lowest BCUT2D eigenvalue weighted by molar-refractivity contribution is -0.137. The number of halogens is 3. The van der Waals surface area contributed by atoms with Crippen LogP contribution in [0.1, 0.15) is 16.7 Å². The summed E-state index contributed by atoms with van der Waals surface area (Å²) in [5.74, 6) is 0.201. The second kappa shape index (κ2) is 7.17. The molecule has 0 fully saturated rings. The van der Waals surface area contributed by atoms with Gasteiger partial charge in [0.25, 0.3) is 5.91 Å². The topological polar surface area (TPSA) is 38.3 Å². The van der Waals surface area contributed by atoms with Gasteiger partial charge < -0.3 is 10.1 Å². The first-order chi connectivity index (χ1) is 10.9. The summed E-state index contributed by atoms with van der Waals surface area (Å²) in [6, 6.07) is 12.1. The average Bonchev–Trinajstić information content (AvgIpc) is 2.51. The highest BCUT2D eigenvalue weighted by atomic mass is 19.4. The van der Waals surface area contributed by atoms with E-state index in [-0.39, 0.29) is 13.2 Å². The quantitative estimate of drug-likeness (QED) is 0.911. The summed E-state index contributed by atoms with van der Waals surface area (Å²) in [5.41, 5.74) is 0.544. The number of carbonyl (C=O) groups excluding carboxylic acids is 1. The Bertz CT molecular complexity index is 684. The average molecular weight is 323 g/mol. The fraction of sp³-hybridized carbons (Fsp3) is 0.235. The van der Waals surface area contributed by atoms with Crippen LogP contribution < -0.4 is 10.1 Å². The number of para-hydroxylation sites is 1. The molecular weight excluding hydrogens is 307 g/mol. The lowest BCUT2D eigenvalue weighted by Gasteiger charge is -2.11. The Hall–Kier alpha value is -2.50. The zero-order valence-electron chi connectivity index (χ0n) is 12.5. The Balaban J connectivity index is 1.86. The molecule has 0 saturated carbocycles. The largest absolute Gasteiger partial charge is 0.484 e. The normalized spacial score (nSPS) is 11.1. The molecular formula is C17H16F3NO2. The highest BCUT2D eigenvalue weighted by Crippen LogP contribution is 2.29. The maximum Gasteiger partial charge on any atom is 0.416 e. The van der Waals surface area contributed by atoms with Crippen molar-refractivity contribution in [3.05, 3.63) is 65.2 Å². The molecule has 0 aliphatic rings. The van der Waals surface area contributed by atoms with Crippen molar-refractivity contribution in [2.45, 2.75) is 19.6 Å². The summed E-state index contributed by atoms with van der Waals surface area (Å²) < 4.78 is 43.2. The number of hydrogen-bond donors (Lipinski definition) is 1. The lowest BCUT2D eigenvalue weighted by Crippen LogP contribution is -2.28. The van der Waals surface area contributed by atoms with Gasteiger partial charge in [-0.25, -0.2) is 0 Å². The zero-order chi connectivity index (χ0) is 16.9. The molecule has 0 radical (unpaired) electrons. The molecule has 0 atom stereocenters. The fourth-order valence-corrected chi connectivity index (χ4v) is 1.97. The third kappa shape index (κ3) is 5.02. The van der Waals surface area contributed by atoms with Gasteiger partial charge in [0.05, 0.1) is 5.56 Å². The lowest BCUT2D eigenvalue weighted by atomic mass is 10.1. The molecule has 2 aromatic rings. The maximum absolute atomic E-state index is 12.6. The third-order valence-corrected chi connectivity index (χ3v) is 3.20. The van der Waals surface area contributed by atoms with E-state index >= 15 is 0 Å². The second-order valence-corrected chi connectivity index (χ2v) is 5.03. The van der Waals surface area contributed by atoms with E-state index in [2.05, 4.69) is 5.32 Å². The highest BCUT2D eigenvalue weighted by Gasteiger charge is 2.30. The number of amides is 1. The van der Waals surface area contributed by atoms with Crippen molar-refractivity contribution in [3.8, 4) is 5.75 Å². The van der Waals surface area contributed by atoms with Crippen LogP contribution in [0.15, 0.2) is 48.5 Å². The Labute approximate surface area is 132 Å². The number of alkyl halides is 3. The van der Waals surface area contributed by atoms with Crippen LogP contribution in [-0.4, -0.2) is 12.5 Å². The molecule has 0 bridgehead atoms. The number of benzene rings is 2. The van der Waals surface area contributed by atoms with Gasteiger partial charge in [-0.1, -0.05) is 30.3 Å². The van der Waals surface area contributed by atoms with Gasteiger partial charge in [0.15, 0.2) is 6.61 Å². The van der Waals surface area contributed by atoms with Gasteiger partial charge >= 0.3 is 6.18 Å². The number of nitrogens with one attached hydrogen (secondary N) is 1. The van der Waals surface area contributed by atoms with Crippen LogP contribution in [0.4, 0.5) is 13.2 Å². The standard InChI is InChI=1S/C17H16F3NO2/c1-12-5-2-3-8-15(12)23-11-16(22)21-10-13-6-4-7-14(9-13)17(18,19)20/h2-9H,10-11H2,1H3,(H,21,22). The van der Waals surface area contributed by atoms with Crippen LogP contribution in [0.5, 0.6) is 5.75 Å². The SMILES string of the molecule is Cc1ccccc1OCC(=O)NCc1cccc(C(F)(F)F)c1. The van der Waals surface area contributed by atoms with Crippen molar-refractivity contribution in [1.82, 2.24) is 5.32 Å². The molecule has 6 heteroatoms. The smallest absolute Gasteiger partial charge is 0.416 e. The Kier molecular flexibility index (Phi) is 5.26. The monoisotopic (exact) mass is 323 g/mol. The Morgan fingerprint density at radius 2 is 1.87 bits per heavy atom. The fourth-order valence-electron chi connectivity index (χ4n) is 1.97. The molecule has 0 unspecified atom stereocenters. The van der Waals surface area contributed by atoms with Crippen LogP contribution in [0.3, 0.4) is 0 Å². The van der Waals surface area contributed by atoms with Gasteiger partial charge in [0.1, 0.15) is 5.75 Å². The molecule has 122 valence electrons. The molecule has 0 aliphatic heterocycles. The molecule has 0 aromatic heterocycles. The van der Waals surface area contributed by atoms with E-state index in [1.807, 2.05) is 19.1 Å². The number of rotatable bonds is 5. The van der Waals surface area contributed by atoms with Crippen molar-refractivity contribution < 1.29 is 22.7 Å². The molecule has 1 amide bonds. The molecule has 0 saturated heterocycles. The molecule has 0 spiro atoms. The van der Waals surface area contributed by atoms with E-state index in [1.54, 1.807) is 12.1 Å². The summed E-state index contributed by atoms with van der Waals surface area (Å²) in [5, 5.41) is 2.54. The minimum absolute atomic E-state index is 0.0138. The van der Waals surface area contributed by atoms with Crippen molar-refractivity contribution in [2.24, 2.45) is 0 Å². The van der Waals surface area contributed by atoms with Gasteiger partial charge in [-0.05, 0) is 36.2 Å². The van der Waals surface area contributed by atoms with Crippen molar-refractivity contribution in [2.75, 3.05) is 6.61 Å². The highest BCUT2D eigenvalue weighted by molar-refractivity contribution is 5.77. The summed E-state index contributed by atoms with van der Waals surface area (Å²) in [6.45, 7) is 1.68. The number of carbonyl (C=O) groups is 1. The predicted octanol–water partition coefficient (Wildman–Crippen LogP) is 3.71. The Morgan fingerprint density at radius 3 is 2.57 bits per heavy atom. The summed E-state index contributed by atoms with van der Waals surface area (Å²) >= 11 is 0. The predicted molar refractivity (Wildman–Crippen MR) is 80.0 cm³/mol. The first kappa shape index (κ1) is 16.9. The van der Waals surface area contributed by atoms with Gasteiger partial charge in [0.2, 0.25) is 0 Å². The minimum Gasteiger partial charge on any atom is -0.484 e. The summed E-state index contributed by atoms with van der Waals surface area (Å²) in [7, 11) is 0. The molecule has 2 rings (SSSR count). The van der Waals surface area contributed by atoms with E-state index in [1.165, 1.54) is 12.1 Å². The molecule has 1 N–H and O–H groups in total. The summed E-state index contributed by atoms with van der Waals surface area (Å²) in [6.07, 6.45) is -4.39. The molecule has 0 heterocycles. The third-order valence-electron chi connectivity index (χ3n) is 3.20. The number of ether oxygens (including phenoxy) is 1. The van der Waals surface area contributed by atoms with Crippen LogP contribution in [0.25, 0.3) is 0 Å². The van der Waals surface area contributed by atoms with Gasteiger partial charge in [-0.3, -0.25) is 4.79 Å². The van der Waals surface area contributed by atoms with Gasteiger partial charge in [0, 0.05) is 6.54 Å². The molecule has 0 aliphatic carbocycles. The second-order valence-electron chi connectivity index (χ2n) is 5.03. The first-order valence-corrected chi connectivity index (χ1v) is 6.97. The van der Waals surface area contributed by atoms with Crippen molar-refractivity contribution in [1.29, 1.82) is 0 Å². The molecule has 2 aromatic carbocycles. The maximum atomic E-state index is 12.6. The van der Waals surface area contributed by atoms with Crippen molar-refractivity contribution in [3.63, 3.8) is 0 Å². The van der Waals surface area contributed by atoms with E-state index in [9.17, 15) is 18.0 Å². The Morgan fingerprint density at radius 1 is 1.13 bits per heavy atom. The van der Waals surface area contributed by atoms with E-state index in [0.717, 1.165) is 17.7 Å². The zero-order valence-corrected chi connectivity index (χ0v) is 12.5.